The van der Waals surface area contributed by atoms with Crippen LogP contribution in [0.25, 0.3) is 0 Å². The van der Waals surface area contributed by atoms with Crippen LogP contribution in [0.3, 0.4) is 0 Å². The van der Waals surface area contributed by atoms with Crippen molar-refractivity contribution in [1.82, 2.24) is 10.3 Å². The summed E-state index contributed by atoms with van der Waals surface area (Å²) in [4.78, 5) is 4.65. The van der Waals surface area contributed by atoms with E-state index in [1.165, 1.54) is 0 Å². The van der Waals surface area contributed by atoms with Gasteiger partial charge in [0, 0.05) is 31.9 Å². The van der Waals surface area contributed by atoms with Crippen LogP contribution in [0.2, 0.25) is 10.0 Å². The number of hydrogen-bond donors (Lipinski definition) is 2. The summed E-state index contributed by atoms with van der Waals surface area (Å²) in [5.74, 6) is 1.54. The molecule has 0 amide bonds. The molecule has 0 atom stereocenters. The lowest BCUT2D eigenvalue weighted by Crippen LogP contribution is -2.45. The zero-order valence-corrected chi connectivity index (χ0v) is 16.3. The summed E-state index contributed by atoms with van der Waals surface area (Å²) >= 11 is 16.8. The number of hydrogen-bond acceptors (Lipinski definition) is 5. The van der Waals surface area contributed by atoms with Gasteiger partial charge in [-0.3, -0.25) is 10.3 Å². The molecule has 138 valence electrons. The van der Waals surface area contributed by atoms with Gasteiger partial charge in [0.25, 0.3) is 0 Å². The number of thiocarbonyl (C=S) groups is 1. The Morgan fingerprint density at radius 2 is 1.96 bits per heavy atom. The second-order valence-electron chi connectivity index (χ2n) is 5.90. The number of piperazine rings is 1. The van der Waals surface area contributed by atoms with Crippen LogP contribution < -0.4 is 16.1 Å². The summed E-state index contributed by atoms with van der Waals surface area (Å²) in [5, 5.41) is 5.16. The molecule has 0 spiro atoms. The summed E-state index contributed by atoms with van der Waals surface area (Å²) in [6.45, 7) is 4.47. The summed E-state index contributed by atoms with van der Waals surface area (Å²) in [6.07, 6.45) is 1.55. The number of nitrogens with one attached hydrogen (secondary N) is 1. The van der Waals surface area contributed by atoms with E-state index in [9.17, 15) is 0 Å². The van der Waals surface area contributed by atoms with Gasteiger partial charge in [0.1, 0.15) is 11.5 Å². The largest absolute Gasteiger partial charge is 0.459 e. The Kier molecular flexibility index (Phi) is 6.37. The first-order valence-corrected chi connectivity index (χ1v) is 9.27. The fourth-order valence-electron chi connectivity index (χ4n) is 2.77. The molecule has 0 bridgehead atoms. The minimum absolute atomic E-state index is 0.118. The smallest absolute Gasteiger partial charge is 0.184 e. The molecule has 9 heteroatoms. The molecule has 0 aliphatic carbocycles. The molecule has 3 N–H and O–H groups in total. The Morgan fingerprint density at radius 3 is 2.65 bits per heavy atom. The van der Waals surface area contributed by atoms with Crippen molar-refractivity contribution < 1.29 is 4.42 Å². The lowest BCUT2D eigenvalue weighted by Gasteiger charge is -2.35. The summed E-state index contributed by atoms with van der Waals surface area (Å²) in [6, 6.07) is 9.57. The third-order valence-electron chi connectivity index (χ3n) is 4.07. The molecule has 3 rings (SSSR count). The van der Waals surface area contributed by atoms with Crippen molar-refractivity contribution >= 4 is 52.4 Å². The van der Waals surface area contributed by atoms with Gasteiger partial charge in [0.15, 0.2) is 5.11 Å². The van der Waals surface area contributed by atoms with Crippen LogP contribution in [0.1, 0.15) is 11.5 Å². The second kappa shape index (κ2) is 8.73. The predicted octanol–water partition coefficient (Wildman–Crippen LogP) is 3.08. The van der Waals surface area contributed by atoms with Crippen LogP contribution >= 0.6 is 35.4 Å². The van der Waals surface area contributed by atoms with Gasteiger partial charge in [-0.2, -0.15) is 5.10 Å². The van der Waals surface area contributed by atoms with Gasteiger partial charge >= 0.3 is 0 Å². The predicted molar refractivity (Wildman–Crippen MR) is 110 cm³/mol. The zero-order valence-electron chi connectivity index (χ0n) is 14.0. The van der Waals surface area contributed by atoms with Crippen molar-refractivity contribution in [3.8, 4) is 0 Å². The van der Waals surface area contributed by atoms with Gasteiger partial charge in [-0.1, -0.05) is 23.2 Å². The number of anilines is 1. The standard InChI is InChI=1S/C17H19Cl2N5OS/c18-15-4-1-12(9-16(15)19)24-7-5-23(6-8-24)11-14-3-2-13(25-14)10-21-22-17(20)26/h1-4,9-10H,5-8,11H2,(H3,20,22,26). The molecular weight excluding hydrogens is 393 g/mol. The summed E-state index contributed by atoms with van der Waals surface area (Å²) in [5.41, 5.74) is 8.90. The Bertz CT molecular complexity index is 802. The Hall–Kier alpha value is -1.80. The number of nitrogens with two attached hydrogens (primary N) is 1. The zero-order chi connectivity index (χ0) is 18.5. The second-order valence-corrected chi connectivity index (χ2v) is 7.15. The molecule has 0 unspecified atom stereocenters. The normalized spacial score (nSPS) is 15.5. The van der Waals surface area contributed by atoms with E-state index < -0.39 is 0 Å². The van der Waals surface area contributed by atoms with Gasteiger partial charge < -0.3 is 15.1 Å². The highest BCUT2D eigenvalue weighted by atomic mass is 35.5. The summed E-state index contributed by atoms with van der Waals surface area (Å²) < 4.78 is 5.75. The average molecular weight is 412 g/mol. The van der Waals surface area contributed by atoms with Crippen LogP contribution in [0, 0.1) is 0 Å². The minimum atomic E-state index is 0.118. The molecule has 1 aliphatic rings. The van der Waals surface area contributed by atoms with E-state index >= 15 is 0 Å². The van der Waals surface area contributed by atoms with E-state index in [-0.39, 0.29) is 5.11 Å². The van der Waals surface area contributed by atoms with Crippen LogP contribution in [-0.2, 0) is 6.54 Å². The van der Waals surface area contributed by atoms with E-state index in [0.717, 1.165) is 44.2 Å². The van der Waals surface area contributed by atoms with Gasteiger partial charge in [-0.25, -0.2) is 0 Å². The third-order valence-corrected chi connectivity index (χ3v) is 4.90. The van der Waals surface area contributed by atoms with E-state index in [4.69, 9.17) is 33.4 Å². The van der Waals surface area contributed by atoms with Gasteiger partial charge in [-0.15, -0.1) is 0 Å². The molecule has 6 nitrogen and oxygen atoms in total. The van der Waals surface area contributed by atoms with Crippen LogP contribution in [0.5, 0.6) is 0 Å². The van der Waals surface area contributed by atoms with Crippen LogP contribution in [0.4, 0.5) is 5.69 Å². The van der Waals surface area contributed by atoms with Gasteiger partial charge in [0.2, 0.25) is 0 Å². The summed E-state index contributed by atoms with van der Waals surface area (Å²) in [7, 11) is 0. The molecule has 2 heterocycles. The fourth-order valence-corrected chi connectivity index (χ4v) is 3.12. The molecule has 1 aromatic heterocycles. The number of nitrogens with zero attached hydrogens (tertiary/aromatic N) is 3. The molecule has 26 heavy (non-hydrogen) atoms. The molecule has 1 saturated heterocycles. The first-order chi connectivity index (χ1) is 12.5. The number of furan rings is 1. The maximum Gasteiger partial charge on any atom is 0.184 e. The molecule has 0 saturated carbocycles. The van der Waals surface area contributed by atoms with E-state index in [1.807, 2.05) is 30.3 Å². The van der Waals surface area contributed by atoms with E-state index in [0.29, 0.717) is 15.8 Å². The van der Waals surface area contributed by atoms with Crippen LogP contribution in [-0.4, -0.2) is 42.4 Å². The quantitative estimate of drug-likeness (QED) is 0.447. The van der Waals surface area contributed by atoms with Gasteiger partial charge in [-0.05, 0) is 42.5 Å². The SMILES string of the molecule is NC(=S)NN=Cc1ccc(CN2CCN(c3ccc(Cl)c(Cl)c3)CC2)o1. The Balaban J connectivity index is 1.51. The Labute approximate surface area is 167 Å². The monoisotopic (exact) mass is 411 g/mol. The number of hydrazone groups is 1. The first-order valence-electron chi connectivity index (χ1n) is 8.11. The highest BCUT2D eigenvalue weighted by Gasteiger charge is 2.19. The maximum absolute atomic E-state index is 6.11. The van der Waals surface area contributed by atoms with E-state index in [2.05, 4.69) is 32.5 Å². The van der Waals surface area contributed by atoms with Crippen molar-refractivity contribution in [3.05, 3.63) is 51.9 Å². The van der Waals surface area contributed by atoms with Crippen molar-refractivity contribution in [2.45, 2.75) is 6.54 Å². The highest BCUT2D eigenvalue weighted by molar-refractivity contribution is 7.80. The highest BCUT2D eigenvalue weighted by Crippen LogP contribution is 2.27. The van der Waals surface area contributed by atoms with Gasteiger partial charge in [0.05, 0.1) is 22.8 Å². The Morgan fingerprint density at radius 1 is 1.19 bits per heavy atom. The lowest BCUT2D eigenvalue weighted by molar-refractivity contribution is 0.230. The third kappa shape index (κ3) is 5.11. The average Bonchev–Trinajstić information content (AvgIpc) is 3.05. The number of benzene rings is 1. The van der Waals surface area contributed by atoms with Crippen molar-refractivity contribution in [1.29, 1.82) is 0 Å². The molecular formula is C17H19Cl2N5OS. The lowest BCUT2D eigenvalue weighted by atomic mass is 10.2. The van der Waals surface area contributed by atoms with Crippen molar-refractivity contribution in [2.75, 3.05) is 31.1 Å². The van der Waals surface area contributed by atoms with Crippen LogP contribution in [0.15, 0.2) is 39.9 Å². The molecule has 1 aromatic carbocycles. The molecule has 2 aromatic rings. The first kappa shape index (κ1) is 19.0. The maximum atomic E-state index is 6.11. The topological polar surface area (TPSA) is 70.0 Å². The van der Waals surface area contributed by atoms with Crippen molar-refractivity contribution in [2.24, 2.45) is 10.8 Å². The number of rotatable bonds is 5. The molecule has 0 radical (unpaired) electrons. The number of halogens is 2. The minimum Gasteiger partial charge on any atom is -0.459 e. The van der Waals surface area contributed by atoms with E-state index in [1.54, 1.807) is 6.21 Å². The van der Waals surface area contributed by atoms with Crippen molar-refractivity contribution in [3.63, 3.8) is 0 Å². The fraction of sp³-hybridized carbons (Fsp3) is 0.294. The molecule has 1 fully saturated rings. The molecule has 1 aliphatic heterocycles.